The number of carbonyl (C=O) groups excluding carboxylic acids is 1. The second kappa shape index (κ2) is 6.46. The van der Waals surface area contributed by atoms with E-state index in [-0.39, 0.29) is 17.2 Å². The van der Waals surface area contributed by atoms with E-state index in [1.807, 2.05) is 13.8 Å². The lowest BCUT2D eigenvalue weighted by Gasteiger charge is -2.36. The SMILES string of the molecule is CC(C)(OC(=O)c1cc(S(=O)(=O)O)ccc1N)C1CCNCC1. The predicted molar refractivity (Wildman–Crippen MR) is 85.8 cm³/mol. The molecule has 23 heavy (non-hydrogen) atoms. The first-order chi connectivity index (χ1) is 10.6. The number of nitrogens with one attached hydrogen (secondary N) is 1. The molecule has 0 saturated carbocycles. The van der Waals surface area contributed by atoms with E-state index in [9.17, 15) is 13.2 Å². The van der Waals surface area contributed by atoms with Gasteiger partial charge in [-0.15, -0.1) is 0 Å². The number of anilines is 1. The number of piperidine rings is 1. The summed E-state index contributed by atoms with van der Waals surface area (Å²) in [4.78, 5) is 12.0. The average molecular weight is 342 g/mol. The Morgan fingerprint density at radius 2 is 1.96 bits per heavy atom. The molecule has 1 saturated heterocycles. The van der Waals surface area contributed by atoms with Gasteiger partial charge in [0, 0.05) is 11.6 Å². The quantitative estimate of drug-likeness (QED) is 0.430. The minimum absolute atomic E-state index is 0.0675. The first-order valence-corrected chi connectivity index (χ1v) is 8.86. The van der Waals surface area contributed by atoms with Gasteiger partial charge in [0.15, 0.2) is 0 Å². The van der Waals surface area contributed by atoms with Gasteiger partial charge in [-0.3, -0.25) is 4.55 Å². The zero-order valence-corrected chi connectivity index (χ0v) is 14.0. The summed E-state index contributed by atoms with van der Waals surface area (Å²) in [5, 5.41) is 3.25. The van der Waals surface area contributed by atoms with Crippen LogP contribution in [0.1, 0.15) is 37.0 Å². The van der Waals surface area contributed by atoms with Crippen molar-refractivity contribution in [1.29, 1.82) is 0 Å². The molecule has 4 N–H and O–H groups in total. The van der Waals surface area contributed by atoms with E-state index < -0.39 is 26.6 Å². The van der Waals surface area contributed by atoms with Crippen LogP contribution < -0.4 is 11.1 Å². The number of carbonyl (C=O) groups is 1. The van der Waals surface area contributed by atoms with Crippen LogP contribution in [-0.2, 0) is 14.9 Å². The van der Waals surface area contributed by atoms with Crippen molar-refractivity contribution in [2.75, 3.05) is 18.8 Å². The maximum atomic E-state index is 12.4. The fraction of sp³-hybridized carbons (Fsp3) is 0.533. The second-order valence-electron chi connectivity index (χ2n) is 6.24. The summed E-state index contributed by atoms with van der Waals surface area (Å²) in [5.74, 6) is -0.491. The number of esters is 1. The van der Waals surface area contributed by atoms with Crippen LogP contribution >= 0.6 is 0 Å². The minimum atomic E-state index is -4.41. The van der Waals surface area contributed by atoms with E-state index in [0.29, 0.717) is 0 Å². The summed E-state index contributed by atoms with van der Waals surface area (Å²) in [7, 11) is -4.41. The highest BCUT2D eigenvalue weighted by atomic mass is 32.2. The van der Waals surface area contributed by atoms with Crippen molar-refractivity contribution in [3.05, 3.63) is 23.8 Å². The van der Waals surface area contributed by atoms with Crippen LogP contribution in [0.2, 0.25) is 0 Å². The molecule has 1 aromatic carbocycles. The van der Waals surface area contributed by atoms with Crippen LogP contribution in [0.3, 0.4) is 0 Å². The number of benzene rings is 1. The van der Waals surface area contributed by atoms with E-state index in [0.717, 1.165) is 38.1 Å². The smallest absolute Gasteiger partial charge is 0.340 e. The van der Waals surface area contributed by atoms with Gasteiger partial charge in [-0.1, -0.05) is 0 Å². The van der Waals surface area contributed by atoms with Crippen LogP contribution in [0.5, 0.6) is 0 Å². The molecule has 0 atom stereocenters. The van der Waals surface area contributed by atoms with Crippen molar-refractivity contribution in [2.45, 2.75) is 37.2 Å². The summed E-state index contributed by atoms with van der Waals surface area (Å²) in [5.41, 5.74) is 5.08. The zero-order chi connectivity index (χ0) is 17.3. The third kappa shape index (κ3) is 4.21. The Labute approximate surface area is 136 Å². The number of hydrogen-bond acceptors (Lipinski definition) is 6. The van der Waals surface area contributed by atoms with E-state index in [1.54, 1.807) is 0 Å². The van der Waals surface area contributed by atoms with Gasteiger partial charge in [0.05, 0.1) is 10.5 Å². The molecule has 0 bridgehead atoms. The molecule has 0 amide bonds. The highest BCUT2D eigenvalue weighted by Gasteiger charge is 2.35. The van der Waals surface area contributed by atoms with Crippen molar-refractivity contribution < 1.29 is 22.5 Å². The van der Waals surface area contributed by atoms with Gasteiger partial charge in [-0.25, -0.2) is 4.79 Å². The van der Waals surface area contributed by atoms with Crippen molar-refractivity contribution in [3.63, 3.8) is 0 Å². The molecule has 0 radical (unpaired) electrons. The molecule has 8 heteroatoms. The molecule has 0 unspecified atom stereocenters. The van der Waals surface area contributed by atoms with E-state index in [4.69, 9.17) is 15.0 Å². The number of rotatable bonds is 4. The second-order valence-corrected chi connectivity index (χ2v) is 7.66. The molecule has 1 heterocycles. The van der Waals surface area contributed by atoms with Crippen LogP contribution in [0.15, 0.2) is 23.1 Å². The Morgan fingerprint density at radius 3 is 2.52 bits per heavy atom. The molecule has 0 aromatic heterocycles. The Balaban J connectivity index is 2.23. The monoisotopic (exact) mass is 342 g/mol. The maximum absolute atomic E-state index is 12.4. The molecule has 1 aliphatic heterocycles. The summed E-state index contributed by atoms with van der Waals surface area (Å²) in [6, 6.07) is 3.43. The molecule has 1 fully saturated rings. The highest BCUT2D eigenvalue weighted by molar-refractivity contribution is 7.85. The van der Waals surface area contributed by atoms with E-state index in [2.05, 4.69) is 5.32 Å². The van der Waals surface area contributed by atoms with Crippen LogP contribution in [0, 0.1) is 5.92 Å². The Morgan fingerprint density at radius 1 is 1.35 bits per heavy atom. The lowest BCUT2D eigenvalue weighted by atomic mass is 9.83. The van der Waals surface area contributed by atoms with Crippen molar-refractivity contribution >= 4 is 21.8 Å². The van der Waals surface area contributed by atoms with Gasteiger partial charge in [0.25, 0.3) is 10.1 Å². The standard InChI is InChI=1S/C15H22N2O5S/c1-15(2,10-5-7-17-8-6-10)22-14(18)12-9-11(23(19,20)21)3-4-13(12)16/h3-4,9-10,17H,5-8,16H2,1-2H3,(H,19,20,21). The molecule has 0 aliphatic carbocycles. The number of hydrogen-bond donors (Lipinski definition) is 3. The summed E-state index contributed by atoms with van der Waals surface area (Å²) < 4.78 is 37.1. The average Bonchev–Trinajstić information content (AvgIpc) is 2.47. The first-order valence-electron chi connectivity index (χ1n) is 7.42. The number of nitrogens with two attached hydrogens (primary N) is 1. The van der Waals surface area contributed by atoms with Crippen LogP contribution in [0.25, 0.3) is 0 Å². The van der Waals surface area contributed by atoms with Crippen molar-refractivity contribution in [3.8, 4) is 0 Å². The van der Waals surface area contributed by atoms with E-state index in [1.165, 1.54) is 6.07 Å². The van der Waals surface area contributed by atoms with Gasteiger partial charge in [0.1, 0.15) is 5.60 Å². The third-order valence-electron chi connectivity index (χ3n) is 4.22. The summed E-state index contributed by atoms with van der Waals surface area (Å²) >= 11 is 0. The topological polar surface area (TPSA) is 119 Å². The summed E-state index contributed by atoms with van der Waals surface area (Å²) in [6.07, 6.45) is 1.78. The Bertz CT molecular complexity index is 694. The zero-order valence-electron chi connectivity index (χ0n) is 13.2. The normalized spacial score (nSPS) is 17.0. The summed E-state index contributed by atoms with van der Waals surface area (Å²) in [6.45, 7) is 5.41. The van der Waals surface area contributed by atoms with Gasteiger partial charge < -0.3 is 15.8 Å². The van der Waals surface area contributed by atoms with Gasteiger partial charge in [-0.2, -0.15) is 8.42 Å². The molecule has 7 nitrogen and oxygen atoms in total. The Kier molecular flexibility index (Phi) is 4.98. The maximum Gasteiger partial charge on any atom is 0.340 e. The largest absolute Gasteiger partial charge is 0.456 e. The predicted octanol–water partition coefficient (Wildman–Crippen LogP) is 1.45. The molecule has 1 aliphatic rings. The molecule has 0 spiro atoms. The highest BCUT2D eigenvalue weighted by Crippen LogP contribution is 2.30. The van der Waals surface area contributed by atoms with Gasteiger partial charge in [-0.05, 0) is 58.0 Å². The van der Waals surface area contributed by atoms with Crippen molar-refractivity contribution in [2.24, 2.45) is 5.92 Å². The molecule has 1 aromatic rings. The van der Waals surface area contributed by atoms with Crippen LogP contribution in [0.4, 0.5) is 5.69 Å². The first kappa shape index (κ1) is 17.7. The lowest BCUT2D eigenvalue weighted by molar-refractivity contribution is -0.0367. The third-order valence-corrected chi connectivity index (χ3v) is 5.07. The number of ether oxygens (including phenoxy) is 1. The Hall–Kier alpha value is -1.64. The van der Waals surface area contributed by atoms with Crippen molar-refractivity contribution in [1.82, 2.24) is 5.32 Å². The van der Waals surface area contributed by atoms with Crippen LogP contribution in [-0.4, -0.2) is 37.6 Å². The fourth-order valence-electron chi connectivity index (χ4n) is 2.77. The lowest BCUT2D eigenvalue weighted by Crippen LogP contribution is -2.42. The van der Waals surface area contributed by atoms with Gasteiger partial charge >= 0.3 is 5.97 Å². The minimum Gasteiger partial charge on any atom is -0.456 e. The molecular formula is C15H22N2O5S. The van der Waals surface area contributed by atoms with Gasteiger partial charge in [0.2, 0.25) is 0 Å². The molecular weight excluding hydrogens is 320 g/mol. The van der Waals surface area contributed by atoms with E-state index >= 15 is 0 Å². The number of nitrogen functional groups attached to an aromatic ring is 1. The fourth-order valence-corrected chi connectivity index (χ4v) is 3.27. The molecule has 2 rings (SSSR count). The molecule has 128 valence electrons.